The van der Waals surface area contributed by atoms with Crippen molar-refractivity contribution in [3.8, 4) is 0 Å². The van der Waals surface area contributed by atoms with Crippen molar-refractivity contribution in [2.75, 3.05) is 0 Å². The minimum atomic E-state index is -1.19. The van der Waals surface area contributed by atoms with Crippen LogP contribution < -0.4 is 21.7 Å². The number of aromatic amines is 1. The summed E-state index contributed by atoms with van der Waals surface area (Å²) >= 11 is 0. The first-order chi connectivity index (χ1) is 17.0. The second-order valence-electron chi connectivity index (χ2n) is 9.43. The number of nitrogens with one attached hydrogen (secondary N) is 4. The van der Waals surface area contributed by atoms with Crippen molar-refractivity contribution in [2.45, 2.75) is 64.7 Å². The van der Waals surface area contributed by atoms with Crippen LogP contribution in [0.4, 0.5) is 0 Å². The first kappa shape index (κ1) is 28.5. The van der Waals surface area contributed by atoms with E-state index in [0.29, 0.717) is 5.69 Å². The lowest BCUT2D eigenvalue weighted by Gasteiger charge is -2.27. The number of carboxylic acid groups (broad SMARTS) is 1. The molecule has 0 spiro atoms. The van der Waals surface area contributed by atoms with E-state index < -0.39 is 47.9 Å². The lowest BCUT2D eigenvalue weighted by molar-refractivity contribution is -0.142. The Morgan fingerprint density at radius 2 is 1.53 bits per heavy atom. The van der Waals surface area contributed by atoms with Crippen molar-refractivity contribution in [2.24, 2.45) is 17.6 Å². The molecule has 1 heterocycles. The molecule has 1 aromatic heterocycles. The number of nitrogens with two attached hydrogens (primary N) is 1. The highest BCUT2D eigenvalue weighted by Crippen LogP contribution is 2.09. The fraction of sp³-hybridized carbons (Fsp3) is 0.480. The Kier molecular flexibility index (Phi) is 10.6. The van der Waals surface area contributed by atoms with Gasteiger partial charge in [-0.2, -0.15) is 0 Å². The quantitative estimate of drug-likeness (QED) is 0.230. The van der Waals surface area contributed by atoms with Crippen LogP contribution in [0.25, 0.3) is 0 Å². The number of carbonyl (C=O) groups excluding carboxylic acids is 3. The van der Waals surface area contributed by atoms with Crippen LogP contribution in [0.3, 0.4) is 0 Å². The molecule has 2 aromatic rings. The molecule has 11 nitrogen and oxygen atoms in total. The van der Waals surface area contributed by atoms with Gasteiger partial charge in [0.1, 0.15) is 18.1 Å². The first-order valence-corrected chi connectivity index (χ1v) is 11.9. The summed E-state index contributed by atoms with van der Waals surface area (Å²) in [6.07, 6.45) is 3.17. The maximum atomic E-state index is 13.2. The van der Waals surface area contributed by atoms with Crippen molar-refractivity contribution in [3.63, 3.8) is 0 Å². The standard InChI is InChI=1S/C25H36N6O5/c1-14(2)20(26)23(33)29-18(11-17-12-27-13-28-17)22(32)31-21(15(3)4)24(34)30-19(25(35)36)10-16-8-6-5-7-9-16/h5-9,12-15,18-21H,10-11,26H2,1-4H3,(H,27,28)(H,29,33)(H,30,34)(H,31,32)(H,35,36). The van der Waals surface area contributed by atoms with Gasteiger partial charge in [0, 0.05) is 24.7 Å². The molecule has 4 unspecified atom stereocenters. The van der Waals surface area contributed by atoms with Gasteiger partial charge in [-0.25, -0.2) is 9.78 Å². The third kappa shape index (κ3) is 8.49. The van der Waals surface area contributed by atoms with E-state index >= 15 is 0 Å². The van der Waals surface area contributed by atoms with Crippen LogP contribution >= 0.6 is 0 Å². The molecule has 0 saturated heterocycles. The number of aliphatic carboxylic acids is 1. The van der Waals surface area contributed by atoms with E-state index in [4.69, 9.17) is 5.73 Å². The molecule has 0 aliphatic heterocycles. The number of hydrogen-bond acceptors (Lipinski definition) is 6. The highest BCUT2D eigenvalue weighted by Gasteiger charge is 2.32. The van der Waals surface area contributed by atoms with E-state index in [1.807, 2.05) is 6.07 Å². The Labute approximate surface area is 210 Å². The molecule has 36 heavy (non-hydrogen) atoms. The number of nitrogens with zero attached hydrogens (tertiary/aromatic N) is 1. The Balaban J connectivity index is 2.16. The predicted molar refractivity (Wildman–Crippen MR) is 134 cm³/mol. The number of imidazole rings is 1. The van der Waals surface area contributed by atoms with Crippen molar-refractivity contribution in [1.29, 1.82) is 0 Å². The molecule has 3 amide bonds. The van der Waals surface area contributed by atoms with Gasteiger partial charge in [-0.3, -0.25) is 14.4 Å². The van der Waals surface area contributed by atoms with Gasteiger partial charge >= 0.3 is 5.97 Å². The summed E-state index contributed by atoms with van der Waals surface area (Å²) in [7, 11) is 0. The highest BCUT2D eigenvalue weighted by atomic mass is 16.4. The van der Waals surface area contributed by atoms with Crippen LogP contribution in [-0.4, -0.2) is 62.9 Å². The van der Waals surface area contributed by atoms with E-state index in [9.17, 15) is 24.3 Å². The smallest absolute Gasteiger partial charge is 0.326 e. The van der Waals surface area contributed by atoms with Crippen LogP contribution in [0.2, 0.25) is 0 Å². The SMILES string of the molecule is CC(C)C(N)C(=O)NC(Cc1cnc[nH]1)C(=O)NC(C(=O)NC(Cc1ccccc1)C(=O)O)C(C)C. The lowest BCUT2D eigenvalue weighted by atomic mass is 10.00. The molecule has 0 bridgehead atoms. The van der Waals surface area contributed by atoms with Crippen LogP contribution in [0.1, 0.15) is 39.0 Å². The normalized spacial score (nSPS) is 14.5. The molecule has 2 rings (SSSR count). The Morgan fingerprint density at radius 3 is 2.06 bits per heavy atom. The zero-order valence-electron chi connectivity index (χ0n) is 21.0. The molecule has 0 aliphatic carbocycles. The minimum absolute atomic E-state index is 0.0896. The maximum absolute atomic E-state index is 13.2. The van der Waals surface area contributed by atoms with Gasteiger partial charge in [0.2, 0.25) is 17.7 Å². The fourth-order valence-electron chi connectivity index (χ4n) is 3.50. The first-order valence-electron chi connectivity index (χ1n) is 11.9. The summed E-state index contributed by atoms with van der Waals surface area (Å²) in [5.74, 6) is -3.42. The molecule has 196 valence electrons. The van der Waals surface area contributed by atoms with Gasteiger partial charge in [-0.05, 0) is 17.4 Å². The minimum Gasteiger partial charge on any atom is -0.480 e. The average molecular weight is 501 g/mol. The van der Waals surface area contributed by atoms with E-state index in [0.717, 1.165) is 5.56 Å². The highest BCUT2D eigenvalue weighted by molar-refractivity contribution is 5.94. The average Bonchev–Trinajstić information content (AvgIpc) is 3.34. The van der Waals surface area contributed by atoms with Crippen molar-refractivity contribution < 1.29 is 24.3 Å². The topological polar surface area (TPSA) is 179 Å². The molecule has 1 aromatic carbocycles. The number of hydrogen-bond donors (Lipinski definition) is 6. The summed E-state index contributed by atoms with van der Waals surface area (Å²) in [5.41, 5.74) is 7.30. The molecular formula is C25H36N6O5. The zero-order chi connectivity index (χ0) is 26.8. The van der Waals surface area contributed by atoms with Crippen LogP contribution in [-0.2, 0) is 32.0 Å². The molecule has 0 radical (unpaired) electrons. The molecule has 0 saturated carbocycles. The number of aromatic nitrogens is 2. The Hall–Kier alpha value is -3.73. The summed E-state index contributed by atoms with van der Waals surface area (Å²) in [6, 6.07) is 4.87. The van der Waals surface area contributed by atoms with Crippen LogP contribution in [0.5, 0.6) is 0 Å². The monoisotopic (exact) mass is 500 g/mol. The summed E-state index contributed by atoms with van der Waals surface area (Å²) in [4.78, 5) is 57.5. The molecular weight excluding hydrogens is 464 g/mol. The van der Waals surface area contributed by atoms with Gasteiger partial charge in [0.25, 0.3) is 0 Å². The van der Waals surface area contributed by atoms with Gasteiger partial charge in [-0.15, -0.1) is 0 Å². The van der Waals surface area contributed by atoms with Crippen LogP contribution in [0, 0.1) is 11.8 Å². The van der Waals surface area contributed by atoms with E-state index in [2.05, 4.69) is 25.9 Å². The number of carboxylic acids is 1. The van der Waals surface area contributed by atoms with Crippen molar-refractivity contribution in [3.05, 3.63) is 54.1 Å². The summed E-state index contributed by atoms with van der Waals surface area (Å²) in [5, 5.41) is 17.5. The molecule has 4 atom stereocenters. The predicted octanol–water partition coefficient (Wildman–Crippen LogP) is 0.373. The van der Waals surface area contributed by atoms with E-state index in [-0.39, 0.29) is 24.7 Å². The van der Waals surface area contributed by atoms with E-state index in [1.165, 1.54) is 12.5 Å². The van der Waals surface area contributed by atoms with Gasteiger partial charge in [0.15, 0.2) is 0 Å². The number of benzene rings is 1. The lowest BCUT2D eigenvalue weighted by Crippen LogP contribution is -2.59. The summed E-state index contributed by atoms with van der Waals surface area (Å²) < 4.78 is 0. The van der Waals surface area contributed by atoms with Gasteiger partial charge < -0.3 is 31.8 Å². The molecule has 7 N–H and O–H groups in total. The maximum Gasteiger partial charge on any atom is 0.326 e. The Bertz CT molecular complexity index is 1010. The molecule has 0 fully saturated rings. The number of H-pyrrole nitrogens is 1. The third-order valence-electron chi connectivity index (χ3n) is 5.78. The molecule has 0 aliphatic rings. The van der Waals surface area contributed by atoms with E-state index in [1.54, 1.807) is 52.0 Å². The van der Waals surface area contributed by atoms with Crippen molar-refractivity contribution >= 4 is 23.7 Å². The third-order valence-corrected chi connectivity index (χ3v) is 5.78. The fourth-order valence-corrected chi connectivity index (χ4v) is 3.50. The van der Waals surface area contributed by atoms with Crippen molar-refractivity contribution in [1.82, 2.24) is 25.9 Å². The Morgan fingerprint density at radius 1 is 0.889 bits per heavy atom. The second-order valence-corrected chi connectivity index (χ2v) is 9.43. The second kappa shape index (κ2) is 13.4. The zero-order valence-corrected chi connectivity index (χ0v) is 21.0. The largest absolute Gasteiger partial charge is 0.480 e. The van der Waals surface area contributed by atoms with Gasteiger partial charge in [0.05, 0.1) is 12.4 Å². The van der Waals surface area contributed by atoms with Crippen LogP contribution in [0.15, 0.2) is 42.9 Å². The van der Waals surface area contributed by atoms with Gasteiger partial charge in [-0.1, -0.05) is 58.0 Å². The number of amides is 3. The summed E-state index contributed by atoms with van der Waals surface area (Å²) in [6.45, 7) is 7.05. The molecule has 11 heteroatoms. The number of carbonyl (C=O) groups is 4. The number of rotatable bonds is 13.